The zero-order valence-corrected chi connectivity index (χ0v) is 18.3. The molecule has 4 aromatic rings. The monoisotopic (exact) mass is 462 g/mol. The zero-order valence-electron chi connectivity index (χ0n) is 17.6. The lowest BCUT2D eigenvalue weighted by atomic mass is 10.2. The Balaban J connectivity index is 1.51. The second-order valence-corrected chi connectivity index (χ2v) is 7.30. The van der Waals surface area contributed by atoms with Gasteiger partial charge in [0, 0.05) is 5.69 Å². The minimum Gasteiger partial charge on any atom is -0.493 e. The van der Waals surface area contributed by atoms with E-state index in [4.69, 9.17) is 21.1 Å². The molecule has 1 heterocycles. The van der Waals surface area contributed by atoms with E-state index < -0.39 is 0 Å². The van der Waals surface area contributed by atoms with E-state index in [1.165, 1.54) is 19.7 Å². The van der Waals surface area contributed by atoms with Gasteiger partial charge in [-0.25, -0.2) is 4.98 Å². The van der Waals surface area contributed by atoms with Gasteiger partial charge in [0.2, 0.25) is 0 Å². The van der Waals surface area contributed by atoms with Gasteiger partial charge in [0.05, 0.1) is 29.2 Å². The van der Waals surface area contributed by atoms with Crippen molar-refractivity contribution in [3.8, 4) is 11.5 Å². The topological polar surface area (TPSA) is 94.8 Å². The van der Waals surface area contributed by atoms with Gasteiger partial charge in [-0.15, -0.1) is 0 Å². The average Bonchev–Trinajstić information content (AvgIpc) is 2.83. The highest BCUT2D eigenvalue weighted by atomic mass is 35.5. The number of hydrogen-bond acceptors (Lipinski definition) is 6. The number of halogens is 1. The standard InChI is InChI=1S/C24H19ClN4O4/c1-32-21-12-16(13-27-29-15-26-20-10-6-5-9-18(20)24(29)31)11-19(25)23(21)33-14-22(30)28-17-7-3-2-4-8-17/h2-13,15H,14H2,1H3,(H,28,30)/b27-13+. The van der Waals surface area contributed by atoms with E-state index in [1.54, 1.807) is 42.5 Å². The molecule has 0 spiro atoms. The Morgan fingerprint density at radius 3 is 2.70 bits per heavy atom. The van der Waals surface area contributed by atoms with Gasteiger partial charge in [-0.05, 0) is 42.0 Å². The predicted octanol–water partition coefficient (Wildman–Crippen LogP) is 3.96. The molecule has 0 radical (unpaired) electrons. The average molecular weight is 463 g/mol. The van der Waals surface area contributed by atoms with E-state index in [2.05, 4.69) is 15.4 Å². The van der Waals surface area contributed by atoms with Crippen LogP contribution in [0.15, 0.2) is 83.0 Å². The van der Waals surface area contributed by atoms with Crippen LogP contribution in [0.25, 0.3) is 10.9 Å². The number of ether oxygens (including phenoxy) is 2. The Morgan fingerprint density at radius 1 is 1.15 bits per heavy atom. The molecule has 1 aromatic heterocycles. The molecule has 0 aliphatic heterocycles. The minimum absolute atomic E-state index is 0.226. The Kier molecular flexibility index (Phi) is 6.66. The van der Waals surface area contributed by atoms with Crippen molar-refractivity contribution < 1.29 is 14.3 Å². The summed E-state index contributed by atoms with van der Waals surface area (Å²) in [6.07, 6.45) is 2.81. The number of carbonyl (C=O) groups is 1. The molecule has 3 aromatic carbocycles. The van der Waals surface area contributed by atoms with E-state index in [-0.39, 0.29) is 28.8 Å². The lowest BCUT2D eigenvalue weighted by molar-refractivity contribution is -0.118. The number of rotatable bonds is 7. The van der Waals surface area contributed by atoms with Crippen molar-refractivity contribution in [2.75, 3.05) is 19.0 Å². The van der Waals surface area contributed by atoms with Crippen LogP contribution in [0.2, 0.25) is 5.02 Å². The summed E-state index contributed by atoms with van der Waals surface area (Å²) in [5.74, 6) is 0.206. The fourth-order valence-corrected chi connectivity index (χ4v) is 3.36. The van der Waals surface area contributed by atoms with Crippen molar-refractivity contribution >= 4 is 40.3 Å². The molecular weight excluding hydrogens is 444 g/mol. The molecule has 0 aliphatic carbocycles. The van der Waals surface area contributed by atoms with Gasteiger partial charge in [0.15, 0.2) is 18.1 Å². The van der Waals surface area contributed by atoms with Gasteiger partial charge in [0.1, 0.15) is 6.33 Å². The summed E-state index contributed by atoms with van der Waals surface area (Å²) in [5.41, 5.74) is 1.53. The first-order valence-electron chi connectivity index (χ1n) is 9.91. The van der Waals surface area contributed by atoms with Gasteiger partial charge < -0.3 is 14.8 Å². The van der Waals surface area contributed by atoms with Crippen molar-refractivity contribution in [3.63, 3.8) is 0 Å². The highest BCUT2D eigenvalue weighted by Gasteiger charge is 2.14. The number of benzene rings is 3. The van der Waals surface area contributed by atoms with Crippen LogP contribution in [-0.4, -0.2) is 35.5 Å². The third-order valence-corrected chi connectivity index (χ3v) is 4.92. The number of hydrogen-bond donors (Lipinski definition) is 1. The number of anilines is 1. The summed E-state index contributed by atoms with van der Waals surface area (Å²) in [6, 6.07) is 19.3. The number of fused-ring (bicyclic) bond motifs is 1. The molecule has 0 aliphatic rings. The summed E-state index contributed by atoms with van der Waals surface area (Å²) < 4.78 is 12.1. The molecule has 8 nitrogen and oxygen atoms in total. The second-order valence-electron chi connectivity index (χ2n) is 6.89. The SMILES string of the molecule is COc1cc(/C=N/n2cnc3ccccc3c2=O)cc(Cl)c1OCC(=O)Nc1ccccc1. The van der Waals surface area contributed by atoms with Crippen LogP contribution in [0.4, 0.5) is 5.69 Å². The van der Waals surface area contributed by atoms with Crippen molar-refractivity contribution in [2.24, 2.45) is 5.10 Å². The molecule has 0 fully saturated rings. The van der Waals surface area contributed by atoms with E-state index in [0.717, 1.165) is 4.68 Å². The van der Waals surface area contributed by atoms with E-state index in [9.17, 15) is 9.59 Å². The second kappa shape index (κ2) is 9.97. The first kappa shape index (κ1) is 22.0. The van der Waals surface area contributed by atoms with Gasteiger partial charge in [-0.1, -0.05) is 41.9 Å². The molecule has 4 rings (SSSR count). The van der Waals surface area contributed by atoms with Gasteiger partial charge >= 0.3 is 0 Å². The Morgan fingerprint density at radius 2 is 1.91 bits per heavy atom. The highest BCUT2D eigenvalue weighted by molar-refractivity contribution is 6.32. The van der Waals surface area contributed by atoms with Crippen LogP contribution in [0.3, 0.4) is 0 Å². The number of amides is 1. The molecule has 0 unspecified atom stereocenters. The minimum atomic E-state index is -0.340. The normalized spacial score (nSPS) is 11.0. The highest BCUT2D eigenvalue weighted by Crippen LogP contribution is 2.36. The van der Waals surface area contributed by atoms with Crippen LogP contribution < -0.4 is 20.3 Å². The quantitative estimate of drug-likeness (QED) is 0.419. The maximum absolute atomic E-state index is 12.6. The number of nitrogens with zero attached hydrogens (tertiary/aromatic N) is 3. The number of aromatic nitrogens is 2. The first-order valence-corrected chi connectivity index (χ1v) is 10.3. The van der Waals surface area contributed by atoms with E-state index >= 15 is 0 Å². The van der Waals surface area contributed by atoms with Crippen LogP contribution in [0, 0.1) is 0 Å². The van der Waals surface area contributed by atoms with Crippen molar-refractivity contribution in [1.29, 1.82) is 0 Å². The first-order chi connectivity index (χ1) is 16.0. The third-order valence-electron chi connectivity index (χ3n) is 4.64. The lowest BCUT2D eigenvalue weighted by Gasteiger charge is -2.13. The molecule has 0 atom stereocenters. The molecule has 33 heavy (non-hydrogen) atoms. The van der Waals surface area contributed by atoms with E-state index in [0.29, 0.717) is 27.9 Å². The van der Waals surface area contributed by atoms with Gasteiger partial charge in [-0.3, -0.25) is 9.59 Å². The summed E-state index contributed by atoms with van der Waals surface area (Å²) >= 11 is 6.37. The summed E-state index contributed by atoms with van der Waals surface area (Å²) in [4.78, 5) is 29.0. The Bertz CT molecular complexity index is 1390. The largest absolute Gasteiger partial charge is 0.493 e. The molecular formula is C24H19ClN4O4. The fourth-order valence-electron chi connectivity index (χ4n) is 3.08. The number of methoxy groups -OCH3 is 1. The lowest BCUT2D eigenvalue weighted by Crippen LogP contribution is -2.20. The van der Waals surface area contributed by atoms with Crippen molar-refractivity contribution in [1.82, 2.24) is 9.66 Å². The number of nitrogens with one attached hydrogen (secondary N) is 1. The van der Waals surface area contributed by atoms with Crippen molar-refractivity contribution in [3.05, 3.63) is 94.0 Å². The number of carbonyl (C=O) groups excluding carboxylic acids is 1. The third kappa shape index (κ3) is 5.19. The molecule has 0 bridgehead atoms. The van der Waals surface area contributed by atoms with Crippen LogP contribution in [-0.2, 0) is 4.79 Å². The summed E-state index contributed by atoms with van der Waals surface area (Å²) in [7, 11) is 1.46. The van der Waals surface area contributed by atoms with E-state index in [1.807, 2.05) is 24.3 Å². The summed E-state index contributed by atoms with van der Waals surface area (Å²) in [6.45, 7) is -0.253. The van der Waals surface area contributed by atoms with Crippen LogP contribution in [0.5, 0.6) is 11.5 Å². The molecule has 0 saturated carbocycles. The molecule has 166 valence electrons. The fraction of sp³-hybridized carbons (Fsp3) is 0.0833. The van der Waals surface area contributed by atoms with Gasteiger partial charge in [-0.2, -0.15) is 9.78 Å². The zero-order chi connectivity index (χ0) is 23.2. The summed E-state index contributed by atoms with van der Waals surface area (Å²) in [5, 5.41) is 7.61. The van der Waals surface area contributed by atoms with Crippen molar-refractivity contribution in [2.45, 2.75) is 0 Å². The van der Waals surface area contributed by atoms with Gasteiger partial charge in [0.25, 0.3) is 11.5 Å². The predicted molar refractivity (Wildman–Crippen MR) is 128 cm³/mol. The van der Waals surface area contributed by atoms with Crippen LogP contribution >= 0.6 is 11.6 Å². The maximum atomic E-state index is 12.6. The molecule has 0 saturated heterocycles. The number of para-hydroxylation sites is 2. The molecule has 1 amide bonds. The Labute approximate surface area is 194 Å². The molecule has 9 heteroatoms. The van der Waals surface area contributed by atoms with Crippen LogP contribution in [0.1, 0.15) is 5.56 Å². The molecule has 1 N–H and O–H groups in total. The smallest absolute Gasteiger partial charge is 0.281 e. The Hall–Kier alpha value is -4.17. The maximum Gasteiger partial charge on any atom is 0.281 e.